The van der Waals surface area contributed by atoms with E-state index in [0.717, 1.165) is 6.07 Å². The molecule has 0 saturated carbocycles. The van der Waals surface area contributed by atoms with Crippen molar-refractivity contribution in [2.45, 2.75) is 12.7 Å². The summed E-state index contributed by atoms with van der Waals surface area (Å²) in [6, 6.07) is 9.23. The summed E-state index contributed by atoms with van der Waals surface area (Å²) < 4.78 is 53.3. The van der Waals surface area contributed by atoms with E-state index in [9.17, 15) is 22.4 Å². The van der Waals surface area contributed by atoms with Gasteiger partial charge >= 0.3 is 6.18 Å². The highest BCUT2D eigenvalue weighted by atomic mass is 35.5. The maximum Gasteiger partial charge on any atom is 0.417 e. The highest BCUT2D eigenvalue weighted by molar-refractivity contribution is 6.31. The van der Waals surface area contributed by atoms with E-state index in [1.54, 1.807) is 6.07 Å². The van der Waals surface area contributed by atoms with Crippen LogP contribution in [-0.2, 0) is 12.7 Å². The minimum Gasteiger partial charge on any atom is -0.336 e. The van der Waals surface area contributed by atoms with E-state index in [4.69, 9.17) is 11.6 Å². The van der Waals surface area contributed by atoms with Gasteiger partial charge in [-0.1, -0.05) is 29.8 Å². The molecule has 0 atom stereocenters. The molecule has 0 unspecified atom stereocenters. The molecular weight excluding hydrogens is 384 g/mol. The summed E-state index contributed by atoms with van der Waals surface area (Å²) >= 11 is 6.03. The van der Waals surface area contributed by atoms with Crippen molar-refractivity contribution in [2.75, 3.05) is 26.2 Å². The van der Waals surface area contributed by atoms with Gasteiger partial charge in [0.15, 0.2) is 0 Å². The second kappa shape index (κ2) is 7.86. The predicted molar refractivity (Wildman–Crippen MR) is 94.0 cm³/mol. The molecule has 0 aliphatic carbocycles. The molecule has 3 nitrogen and oxygen atoms in total. The van der Waals surface area contributed by atoms with Gasteiger partial charge in [-0.25, -0.2) is 4.39 Å². The van der Waals surface area contributed by atoms with Crippen LogP contribution < -0.4 is 0 Å². The summed E-state index contributed by atoms with van der Waals surface area (Å²) in [6.45, 7) is 1.65. The van der Waals surface area contributed by atoms with Gasteiger partial charge in [-0.05, 0) is 24.3 Å². The Balaban J connectivity index is 1.67. The summed E-state index contributed by atoms with van der Waals surface area (Å²) in [6.07, 6.45) is -4.59. The quantitative estimate of drug-likeness (QED) is 0.710. The summed E-state index contributed by atoms with van der Waals surface area (Å²) in [5.74, 6) is -1.05. The molecule has 1 aliphatic rings. The van der Waals surface area contributed by atoms with E-state index in [2.05, 4.69) is 0 Å². The van der Waals surface area contributed by atoms with Crippen LogP contribution in [0.5, 0.6) is 0 Å². The van der Waals surface area contributed by atoms with E-state index in [-0.39, 0.29) is 25.2 Å². The first kappa shape index (κ1) is 19.6. The van der Waals surface area contributed by atoms with Gasteiger partial charge in [-0.15, -0.1) is 0 Å². The number of hydrogen-bond acceptors (Lipinski definition) is 2. The number of piperazine rings is 1. The molecule has 0 bridgehead atoms. The van der Waals surface area contributed by atoms with E-state index < -0.39 is 23.5 Å². The van der Waals surface area contributed by atoms with Gasteiger partial charge in [0.1, 0.15) is 5.82 Å². The van der Waals surface area contributed by atoms with Crippen molar-refractivity contribution in [2.24, 2.45) is 0 Å². The van der Waals surface area contributed by atoms with Crippen molar-refractivity contribution < 1.29 is 22.4 Å². The Hall–Kier alpha value is -2.12. The molecule has 1 aliphatic heterocycles. The molecule has 1 saturated heterocycles. The standard InChI is InChI=1S/C19H17ClF4N2O/c20-16-6-3-7-17(21)14(16)12-25-8-10-26(11-9-25)18(27)13-4-1-2-5-15(13)19(22,23)24/h1-7H,8-12H2. The van der Waals surface area contributed by atoms with Gasteiger partial charge in [0, 0.05) is 43.3 Å². The molecule has 27 heavy (non-hydrogen) atoms. The van der Waals surface area contributed by atoms with Gasteiger partial charge in [-0.3, -0.25) is 9.69 Å². The fraction of sp³-hybridized carbons (Fsp3) is 0.316. The number of carbonyl (C=O) groups excluding carboxylic acids is 1. The Morgan fingerprint density at radius 3 is 2.30 bits per heavy atom. The highest BCUT2D eigenvalue weighted by Gasteiger charge is 2.36. The number of amides is 1. The van der Waals surface area contributed by atoms with E-state index in [1.807, 2.05) is 4.90 Å². The normalized spacial score (nSPS) is 15.8. The predicted octanol–water partition coefficient (Wildman–Crippen LogP) is 4.46. The average molecular weight is 401 g/mol. The Bertz CT molecular complexity index is 812. The number of benzene rings is 2. The molecule has 2 aromatic rings. The molecule has 0 N–H and O–H groups in total. The summed E-state index contributed by atoms with van der Waals surface area (Å²) in [5.41, 5.74) is -0.910. The number of hydrogen-bond donors (Lipinski definition) is 0. The lowest BCUT2D eigenvalue weighted by molar-refractivity contribution is -0.138. The molecule has 0 radical (unpaired) electrons. The first-order valence-corrected chi connectivity index (χ1v) is 8.76. The minimum absolute atomic E-state index is 0.261. The molecule has 1 amide bonds. The third-order valence-electron chi connectivity index (χ3n) is 4.57. The Morgan fingerprint density at radius 2 is 1.67 bits per heavy atom. The zero-order valence-corrected chi connectivity index (χ0v) is 15.0. The Labute approximate surface area is 159 Å². The maximum atomic E-state index is 13.9. The summed E-state index contributed by atoms with van der Waals surface area (Å²) in [5, 5.41) is 0.326. The number of carbonyl (C=O) groups is 1. The maximum absolute atomic E-state index is 13.9. The molecule has 1 fully saturated rings. The fourth-order valence-electron chi connectivity index (χ4n) is 3.10. The highest BCUT2D eigenvalue weighted by Crippen LogP contribution is 2.32. The number of rotatable bonds is 3. The van der Waals surface area contributed by atoms with E-state index in [0.29, 0.717) is 23.7 Å². The van der Waals surface area contributed by atoms with Crippen molar-refractivity contribution in [3.05, 3.63) is 70.0 Å². The summed E-state index contributed by atoms with van der Waals surface area (Å²) in [7, 11) is 0. The number of nitrogens with zero attached hydrogens (tertiary/aromatic N) is 2. The van der Waals surface area contributed by atoms with Crippen molar-refractivity contribution >= 4 is 17.5 Å². The van der Waals surface area contributed by atoms with E-state index in [1.165, 1.54) is 35.2 Å². The third-order valence-corrected chi connectivity index (χ3v) is 4.92. The SMILES string of the molecule is O=C(c1ccccc1C(F)(F)F)N1CCN(Cc2c(F)cccc2Cl)CC1. The zero-order valence-electron chi connectivity index (χ0n) is 14.3. The fourth-order valence-corrected chi connectivity index (χ4v) is 3.33. The van der Waals surface area contributed by atoms with Crippen molar-refractivity contribution in [1.82, 2.24) is 9.80 Å². The second-order valence-corrected chi connectivity index (χ2v) is 6.72. The second-order valence-electron chi connectivity index (χ2n) is 6.31. The Morgan fingerprint density at radius 1 is 1.00 bits per heavy atom. The molecule has 0 spiro atoms. The first-order chi connectivity index (χ1) is 12.8. The molecule has 2 aromatic carbocycles. The lowest BCUT2D eigenvalue weighted by Gasteiger charge is -2.35. The molecule has 1 heterocycles. The van der Waals surface area contributed by atoms with Crippen molar-refractivity contribution in [3.63, 3.8) is 0 Å². The molecule has 3 rings (SSSR count). The average Bonchev–Trinajstić information content (AvgIpc) is 2.64. The number of halogens is 5. The smallest absolute Gasteiger partial charge is 0.336 e. The van der Waals surface area contributed by atoms with Gasteiger partial charge in [0.05, 0.1) is 11.1 Å². The van der Waals surface area contributed by atoms with Gasteiger partial charge in [0.2, 0.25) is 0 Å². The van der Waals surface area contributed by atoms with Gasteiger partial charge in [-0.2, -0.15) is 13.2 Å². The molecule has 8 heteroatoms. The van der Waals surface area contributed by atoms with Crippen LogP contribution in [0.1, 0.15) is 21.5 Å². The lowest BCUT2D eigenvalue weighted by Crippen LogP contribution is -2.48. The third kappa shape index (κ3) is 4.42. The van der Waals surface area contributed by atoms with Crippen LogP contribution >= 0.6 is 11.6 Å². The van der Waals surface area contributed by atoms with Crippen LogP contribution in [0.2, 0.25) is 5.02 Å². The van der Waals surface area contributed by atoms with Crippen LogP contribution in [0, 0.1) is 5.82 Å². The number of alkyl halides is 3. The van der Waals surface area contributed by atoms with Crippen LogP contribution in [0.3, 0.4) is 0 Å². The first-order valence-electron chi connectivity index (χ1n) is 8.38. The topological polar surface area (TPSA) is 23.6 Å². The van der Waals surface area contributed by atoms with Crippen LogP contribution in [0.25, 0.3) is 0 Å². The van der Waals surface area contributed by atoms with Crippen molar-refractivity contribution in [1.29, 1.82) is 0 Å². The van der Waals surface area contributed by atoms with Crippen LogP contribution in [0.15, 0.2) is 42.5 Å². The van der Waals surface area contributed by atoms with Gasteiger partial charge < -0.3 is 4.90 Å². The van der Waals surface area contributed by atoms with Crippen molar-refractivity contribution in [3.8, 4) is 0 Å². The molecule has 144 valence electrons. The largest absolute Gasteiger partial charge is 0.417 e. The van der Waals surface area contributed by atoms with Crippen LogP contribution in [-0.4, -0.2) is 41.9 Å². The minimum atomic E-state index is -4.59. The lowest BCUT2D eigenvalue weighted by atomic mass is 10.1. The summed E-state index contributed by atoms with van der Waals surface area (Å²) in [4.78, 5) is 15.9. The van der Waals surface area contributed by atoms with E-state index >= 15 is 0 Å². The monoisotopic (exact) mass is 400 g/mol. The zero-order chi connectivity index (χ0) is 19.6. The Kier molecular flexibility index (Phi) is 5.72. The van der Waals surface area contributed by atoms with Crippen LogP contribution in [0.4, 0.5) is 17.6 Å². The molecule has 0 aromatic heterocycles. The molecular formula is C19H17ClF4N2O. The van der Waals surface area contributed by atoms with Gasteiger partial charge in [0.25, 0.3) is 5.91 Å².